The minimum Gasteiger partial charge on any atom is -0.380 e. The minimum atomic E-state index is 0.384. The first-order valence-electron chi connectivity index (χ1n) is 7.93. The van der Waals surface area contributed by atoms with Gasteiger partial charge in [0.2, 0.25) is 0 Å². The Hall–Kier alpha value is -0.940. The van der Waals surface area contributed by atoms with E-state index in [1.165, 1.54) is 19.3 Å². The van der Waals surface area contributed by atoms with Gasteiger partial charge in [0, 0.05) is 19.0 Å². The van der Waals surface area contributed by atoms with Crippen molar-refractivity contribution in [3.05, 3.63) is 11.6 Å². The minimum absolute atomic E-state index is 0.384. The molecule has 1 atom stereocenters. The molecule has 0 bridgehead atoms. The Balaban J connectivity index is 1.59. The zero-order valence-corrected chi connectivity index (χ0v) is 12.6. The Morgan fingerprint density at radius 1 is 1.35 bits per heavy atom. The second-order valence-corrected chi connectivity index (χ2v) is 6.56. The molecule has 112 valence electrons. The Bertz CT molecular complexity index is 427. The molecular formula is C15H26N4O. The van der Waals surface area contributed by atoms with Crippen LogP contribution in [0.4, 0.5) is 0 Å². The van der Waals surface area contributed by atoms with Crippen LogP contribution in [0.25, 0.3) is 0 Å². The summed E-state index contributed by atoms with van der Waals surface area (Å²) in [7, 11) is 0. The van der Waals surface area contributed by atoms with E-state index in [0.29, 0.717) is 11.8 Å². The van der Waals surface area contributed by atoms with E-state index >= 15 is 0 Å². The van der Waals surface area contributed by atoms with Crippen LogP contribution in [0, 0.1) is 11.8 Å². The molecule has 1 saturated carbocycles. The molecule has 0 spiro atoms. The van der Waals surface area contributed by atoms with Crippen LogP contribution < -0.4 is 0 Å². The summed E-state index contributed by atoms with van der Waals surface area (Å²) in [5.74, 6) is 3.88. The first kappa shape index (κ1) is 14.0. The average molecular weight is 278 g/mol. The molecule has 2 aliphatic rings. The topological polar surface area (TPSA) is 54.0 Å². The molecule has 5 heteroatoms. The molecule has 1 aromatic rings. The maximum Gasteiger partial charge on any atom is 0.153 e. The van der Waals surface area contributed by atoms with Crippen LogP contribution >= 0.6 is 0 Å². The van der Waals surface area contributed by atoms with E-state index in [4.69, 9.17) is 4.74 Å². The van der Waals surface area contributed by atoms with Gasteiger partial charge in [0.15, 0.2) is 5.82 Å². The zero-order valence-electron chi connectivity index (χ0n) is 12.6. The van der Waals surface area contributed by atoms with Gasteiger partial charge in [0.25, 0.3) is 0 Å². The van der Waals surface area contributed by atoms with Crippen molar-refractivity contribution in [1.82, 2.24) is 20.1 Å². The molecule has 0 radical (unpaired) electrons. The van der Waals surface area contributed by atoms with Gasteiger partial charge in [0.1, 0.15) is 5.82 Å². The number of aromatic nitrogens is 3. The summed E-state index contributed by atoms with van der Waals surface area (Å²) in [6.45, 7) is 9.04. The lowest BCUT2D eigenvalue weighted by molar-refractivity contribution is 0.0769. The van der Waals surface area contributed by atoms with Crippen molar-refractivity contribution in [2.75, 3.05) is 26.3 Å². The monoisotopic (exact) mass is 278 g/mol. The van der Waals surface area contributed by atoms with Crippen LogP contribution in [-0.2, 0) is 11.3 Å². The fraction of sp³-hybridized carbons (Fsp3) is 0.867. The van der Waals surface area contributed by atoms with Crippen LogP contribution in [0.1, 0.15) is 50.7 Å². The third kappa shape index (κ3) is 3.20. The molecule has 0 aromatic carbocycles. The highest BCUT2D eigenvalue weighted by Crippen LogP contribution is 2.34. The lowest BCUT2D eigenvalue weighted by Crippen LogP contribution is -2.35. The Kier molecular flexibility index (Phi) is 4.36. The molecule has 0 amide bonds. The Labute approximate surface area is 121 Å². The van der Waals surface area contributed by atoms with E-state index in [1.54, 1.807) is 0 Å². The van der Waals surface area contributed by atoms with Gasteiger partial charge < -0.3 is 4.74 Å². The summed E-state index contributed by atoms with van der Waals surface area (Å²) in [6, 6.07) is 0. The van der Waals surface area contributed by atoms with E-state index < -0.39 is 0 Å². The van der Waals surface area contributed by atoms with Crippen molar-refractivity contribution in [2.24, 2.45) is 11.8 Å². The van der Waals surface area contributed by atoms with Crippen molar-refractivity contribution in [2.45, 2.75) is 45.6 Å². The number of rotatable bonds is 4. The Morgan fingerprint density at radius 2 is 2.20 bits per heavy atom. The van der Waals surface area contributed by atoms with Gasteiger partial charge in [-0.2, -0.15) is 5.10 Å². The summed E-state index contributed by atoms with van der Waals surface area (Å²) in [5.41, 5.74) is 0. The summed E-state index contributed by atoms with van der Waals surface area (Å²) in [6.07, 6.45) is 4.18. The normalized spacial score (nSPS) is 25.6. The number of hydrogen-bond acceptors (Lipinski definition) is 4. The number of hydrogen-bond donors (Lipinski definition) is 1. The van der Waals surface area contributed by atoms with Gasteiger partial charge in [-0.05, 0) is 11.8 Å². The third-order valence-corrected chi connectivity index (χ3v) is 4.63. The largest absolute Gasteiger partial charge is 0.380 e. The SMILES string of the molecule is CC(C)c1n[nH]c(CN2CCOCC(C3CCC3)C2)n1. The molecule has 20 heavy (non-hydrogen) atoms. The molecule has 1 unspecified atom stereocenters. The molecule has 1 aliphatic carbocycles. The van der Waals surface area contributed by atoms with Gasteiger partial charge in [-0.3, -0.25) is 10.00 Å². The highest BCUT2D eigenvalue weighted by molar-refractivity contribution is 4.95. The van der Waals surface area contributed by atoms with Crippen LogP contribution in [0.2, 0.25) is 0 Å². The highest BCUT2D eigenvalue weighted by atomic mass is 16.5. The van der Waals surface area contributed by atoms with Crippen molar-refractivity contribution >= 4 is 0 Å². The first-order valence-corrected chi connectivity index (χ1v) is 7.93. The van der Waals surface area contributed by atoms with E-state index in [1.807, 2.05) is 0 Å². The molecule has 1 aliphatic heterocycles. The second kappa shape index (κ2) is 6.22. The predicted octanol–water partition coefficient (Wildman–Crippen LogP) is 2.18. The molecule has 1 saturated heterocycles. The van der Waals surface area contributed by atoms with Crippen LogP contribution in [0.15, 0.2) is 0 Å². The maximum absolute atomic E-state index is 5.79. The van der Waals surface area contributed by atoms with E-state index in [2.05, 4.69) is 33.9 Å². The fourth-order valence-electron chi connectivity index (χ4n) is 3.09. The number of aromatic amines is 1. The summed E-state index contributed by atoms with van der Waals surface area (Å²) in [4.78, 5) is 7.06. The number of nitrogens with one attached hydrogen (secondary N) is 1. The molecule has 3 rings (SSSR count). The molecule has 5 nitrogen and oxygen atoms in total. The Morgan fingerprint density at radius 3 is 2.85 bits per heavy atom. The number of H-pyrrole nitrogens is 1. The standard InChI is InChI=1S/C15H26N4O/c1-11(2)15-16-14(17-18-15)9-19-6-7-20-10-13(8-19)12-4-3-5-12/h11-13H,3-10H2,1-2H3,(H,16,17,18). The fourth-order valence-corrected chi connectivity index (χ4v) is 3.09. The summed E-state index contributed by atoms with van der Waals surface area (Å²) in [5, 5.41) is 7.38. The molecule has 1 N–H and O–H groups in total. The summed E-state index contributed by atoms with van der Waals surface area (Å²) >= 11 is 0. The number of nitrogens with zero attached hydrogens (tertiary/aromatic N) is 3. The van der Waals surface area contributed by atoms with E-state index in [0.717, 1.165) is 50.4 Å². The lowest BCUT2D eigenvalue weighted by atomic mass is 9.76. The predicted molar refractivity (Wildman–Crippen MR) is 77.4 cm³/mol. The zero-order chi connectivity index (χ0) is 13.9. The quantitative estimate of drug-likeness (QED) is 0.917. The van der Waals surface area contributed by atoms with Crippen molar-refractivity contribution in [3.8, 4) is 0 Å². The molecule has 1 aromatic heterocycles. The third-order valence-electron chi connectivity index (χ3n) is 4.63. The molecular weight excluding hydrogens is 252 g/mol. The van der Waals surface area contributed by atoms with Gasteiger partial charge >= 0.3 is 0 Å². The van der Waals surface area contributed by atoms with Gasteiger partial charge in [-0.25, -0.2) is 4.98 Å². The van der Waals surface area contributed by atoms with Gasteiger partial charge in [-0.1, -0.05) is 33.1 Å². The van der Waals surface area contributed by atoms with E-state index in [-0.39, 0.29) is 0 Å². The van der Waals surface area contributed by atoms with Crippen molar-refractivity contribution in [1.29, 1.82) is 0 Å². The van der Waals surface area contributed by atoms with Crippen LogP contribution in [0.5, 0.6) is 0 Å². The second-order valence-electron chi connectivity index (χ2n) is 6.56. The van der Waals surface area contributed by atoms with Crippen LogP contribution in [0.3, 0.4) is 0 Å². The smallest absolute Gasteiger partial charge is 0.153 e. The van der Waals surface area contributed by atoms with Crippen LogP contribution in [-0.4, -0.2) is 46.4 Å². The number of ether oxygens (including phenoxy) is 1. The summed E-state index contributed by atoms with van der Waals surface area (Å²) < 4.78 is 5.79. The van der Waals surface area contributed by atoms with Crippen molar-refractivity contribution < 1.29 is 4.74 Å². The highest BCUT2D eigenvalue weighted by Gasteiger charge is 2.30. The average Bonchev–Trinajstić information content (AvgIpc) is 2.69. The maximum atomic E-state index is 5.79. The van der Waals surface area contributed by atoms with Gasteiger partial charge in [-0.15, -0.1) is 0 Å². The lowest BCUT2D eigenvalue weighted by Gasteiger charge is -2.34. The van der Waals surface area contributed by atoms with Gasteiger partial charge in [0.05, 0.1) is 19.8 Å². The molecule has 2 fully saturated rings. The first-order chi connectivity index (χ1) is 9.72. The van der Waals surface area contributed by atoms with E-state index in [9.17, 15) is 0 Å². The molecule has 2 heterocycles. The van der Waals surface area contributed by atoms with Crippen molar-refractivity contribution in [3.63, 3.8) is 0 Å².